The second kappa shape index (κ2) is 4.36. The van der Waals surface area contributed by atoms with E-state index in [9.17, 15) is 4.39 Å². The molecule has 1 N–H and O–H groups in total. The summed E-state index contributed by atoms with van der Waals surface area (Å²) >= 11 is 0. The minimum atomic E-state index is -0.291. The predicted octanol–water partition coefficient (Wildman–Crippen LogP) is 0.829. The van der Waals surface area contributed by atoms with Gasteiger partial charge in [-0.25, -0.2) is 4.39 Å². The molecule has 84 valence electrons. The Balaban J connectivity index is 2.45. The second-order valence-electron chi connectivity index (χ2n) is 3.52. The van der Waals surface area contributed by atoms with Crippen molar-refractivity contribution in [1.82, 2.24) is 25.5 Å². The Labute approximate surface area is 92.3 Å². The van der Waals surface area contributed by atoms with Crippen LogP contribution in [-0.2, 0) is 6.54 Å². The lowest BCUT2D eigenvalue weighted by atomic mass is 10.2. The molecule has 0 spiro atoms. The Bertz CT molecular complexity index is 473. The van der Waals surface area contributed by atoms with E-state index >= 15 is 0 Å². The minimum absolute atomic E-state index is 0.291. The summed E-state index contributed by atoms with van der Waals surface area (Å²) in [5.41, 5.74) is 1.47. The fraction of sp³-hybridized carbons (Fsp3) is 0.300. The average Bonchev–Trinajstić information content (AvgIpc) is 2.65. The van der Waals surface area contributed by atoms with Gasteiger partial charge in [-0.2, -0.15) is 4.68 Å². The quantitative estimate of drug-likeness (QED) is 0.834. The minimum Gasteiger partial charge on any atom is -0.313 e. The number of aryl methyl sites for hydroxylation is 1. The number of tetrazole rings is 1. The maximum absolute atomic E-state index is 13.2. The van der Waals surface area contributed by atoms with E-state index in [0.29, 0.717) is 18.1 Å². The van der Waals surface area contributed by atoms with Gasteiger partial charge in [-0.15, -0.1) is 5.10 Å². The van der Waals surface area contributed by atoms with Crippen LogP contribution in [0.2, 0.25) is 0 Å². The van der Waals surface area contributed by atoms with Crippen molar-refractivity contribution in [1.29, 1.82) is 0 Å². The molecule has 0 amide bonds. The molecule has 0 saturated carbocycles. The second-order valence-corrected chi connectivity index (χ2v) is 3.52. The number of nitrogens with zero attached hydrogens (tertiary/aromatic N) is 4. The summed E-state index contributed by atoms with van der Waals surface area (Å²) in [4.78, 5) is 0. The van der Waals surface area contributed by atoms with Crippen LogP contribution in [0.4, 0.5) is 4.39 Å². The van der Waals surface area contributed by atoms with Crippen LogP contribution in [0.5, 0.6) is 0 Å². The average molecular weight is 221 g/mol. The normalized spacial score (nSPS) is 10.7. The van der Waals surface area contributed by atoms with Crippen molar-refractivity contribution >= 4 is 0 Å². The molecular weight excluding hydrogens is 209 g/mol. The maximum Gasteiger partial charge on any atom is 0.170 e. The summed E-state index contributed by atoms with van der Waals surface area (Å²) in [6.45, 7) is 2.36. The summed E-state index contributed by atoms with van der Waals surface area (Å²) in [6, 6.07) is 4.70. The van der Waals surface area contributed by atoms with Gasteiger partial charge in [-0.1, -0.05) is 0 Å². The van der Waals surface area contributed by atoms with Crippen LogP contribution in [0.3, 0.4) is 0 Å². The molecule has 1 aromatic heterocycles. The van der Waals surface area contributed by atoms with Gasteiger partial charge in [0.2, 0.25) is 0 Å². The first-order valence-corrected chi connectivity index (χ1v) is 4.90. The Morgan fingerprint density at radius 2 is 2.19 bits per heavy atom. The highest BCUT2D eigenvalue weighted by molar-refractivity contribution is 5.35. The number of aromatic nitrogens is 4. The lowest BCUT2D eigenvalue weighted by Crippen LogP contribution is -2.12. The van der Waals surface area contributed by atoms with Gasteiger partial charge in [-0.3, -0.25) is 0 Å². The first-order chi connectivity index (χ1) is 7.70. The van der Waals surface area contributed by atoms with Crippen molar-refractivity contribution in [2.45, 2.75) is 13.5 Å². The Morgan fingerprint density at radius 3 is 2.88 bits per heavy atom. The molecule has 0 aliphatic heterocycles. The lowest BCUT2D eigenvalue weighted by molar-refractivity contribution is 0.621. The van der Waals surface area contributed by atoms with E-state index in [1.807, 2.05) is 13.0 Å². The summed E-state index contributed by atoms with van der Waals surface area (Å²) in [6.07, 6.45) is 0. The van der Waals surface area contributed by atoms with E-state index in [0.717, 1.165) is 5.56 Å². The zero-order valence-corrected chi connectivity index (χ0v) is 9.11. The third kappa shape index (κ3) is 2.06. The molecule has 2 rings (SSSR count). The molecule has 0 aliphatic rings. The molecule has 0 bridgehead atoms. The van der Waals surface area contributed by atoms with E-state index in [4.69, 9.17) is 0 Å². The van der Waals surface area contributed by atoms with Gasteiger partial charge in [-0.05, 0) is 48.2 Å². The summed E-state index contributed by atoms with van der Waals surface area (Å²) in [5.74, 6) is 0.355. The number of halogens is 1. The number of benzene rings is 1. The molecule has 0 unspecified atom stereocenters. The summed E-state index contributed by atoms with van der Waals surface area (Å²) in [7, 11) is 1.80. The van der Waals surface area contributed by atoms with E-state index in [1.54, 1.807) is 7.05 Å². The smallest absolute Gasteiger partial charge is 0.170 e. The molecule has 0 radical (unpaired) electrons. The SMILES string of the molecule is CNCc1nnnn1-c1cc(C)cc(F)c1. The van der Waals surface area contributed by atoms with Crippen molar-refractivity contribution in [2.75, 3.05) is 7.05 Å². The van der Waals surface area contributed by atoms with Gasteiger partial charge in [0.05, 0.1) is 12.2 Å². The molecule has 0 saturated heterocycles. The zero-order valence-electron chi connectivity index (χ0n) is 9.11. The van der Waals surface area contributed by atoms with Crippen LogP contribution < -0.4 is 5.32 Å². The number of hydrogen-bond acceptors (Lipinski definition) is 4. The first kappa shape index (κ1) is 10.7. The van der Waals surface area contributed by atoms with Crippen LogP contribution in [0.1, 0.15) is 11.4 Å². The molecule has 0 aliphatic carbocycles. The van der Waals surface area contributed by atoms with Crippen LogP contribution in [-0.4, -0.2) is 27.3 Å². The monoisotopic (exact) mass is 221 g/mol. The summed E-state index contributed by atoms with van der Waals surface area (Å²) < 4.78 is 14.8. The molecule has 1 aromatic carbocycles. The topological polar surface area (TPSA) is 55.6 Å². The van der Waals surface area contributed by atoms with Crippen LogP contribution in [0, 0.1) is 12.7 Å². The molecule has 16 heavy (non-hydrogen) atoms. The largest absolute Gasteiger partial charge is 0.313 e. The first-order valence-electron chi connectivity index (χ1n) is 4.90. The van der Waals surface area contributed by atoms with E-state index in [-0.39, 0.29) is 5.82 Å². The molecule has 5 nitrogen and oxygen atoms in total. The van der Waals surface area contributed by atoms with Crippen LogP contribution in [0.25, 0.3) is 5.69 Å². The molecule has 1 heterocycles. The lowest BCUT2D eigenvalue weighted by Gasteiger charge is -2.05. The van der Waals surface area contributed by atoms with Crippen molar-refractivity contribution < 1.29 is 4.39 Å². The van der Waals surface area contributed by atoms with Gasteiger partial charge in [0, 0.05) is 0 Å². The van der Waals surface area contributed by atoms with Crippen LogP contribution in [0.15, 0.2) is 18.2 Å². The molecule has 0 atom stereocenters. The predicted molar refractivity (Wildman–Crippen MR) is 56.6 cm³/mol. The van der Waals surface area contributed by atoms with Gasteiger partial charge in [0.25, 0.3) is 0 Å². The Morgan fingerprint density at radius 1 is 1.38 bits per heavy atom. The van der Waals surface area contributed by atoms with E-state index in [1.165, 1.54) is 16.8 Å². The zero-order chi connectivity index (χ0) is 11.5. The maximum atomic E-state index is 13.2. The highest BCUT2D eigenvalue weighted by Crippen LogP contribution is 2.12. The number of hydrogen-bond donors (Lipinski definition) is 1. The number of rotatable bonds is 3. The molecule has 0 fully saturated rings. The van der Waals surface area contributed by atoms with Crippen molar-refractivity contribution in [3.05, 3.63) is 35.4 Å². The van der Waals surface area contributed by atoms with E-state index in [2.05, 4.69) is 20.8 Å². The molecular formula is C10H12FN5. The van der Waals surface area contributed by atoms with Gasteiger partial charge >= 0.3 is 0 Å². The number of nitrogens with one attached hydrogen (secondary N) is 1. The van der Waals surface area contributed by atoms with Gasteiger partial charge in [0.15, 0.2) is 5.82 Å². The third-order valence-corrected chi connectivity index (χ3v) is 2.14. The highest BCUT2D eigenvalue weighted by atomic mass is 19.1. The van der Waals surface area contributed by atoms with Crippen molar-refractivity contribution in [2.24, 2.45) is 0 Å². The standard InChI is InChI=1S/C10H12FN5/c1-7-3-8(11)5-9(4-7)16-10(6-12-2)13-14-15-16/h3-5,12H,6H2,1-2H3. The van der Waals surface area contributed by atoms with Crippen molar-refractivity contribution in [3.8, 4) is 5.69 Å². The third-order valence-electron chi connectivity index (χ3n) is 2.14. The fourth-order valence-electron chi connectivity index (χ4n) is 1.51. The van der Waals surface area contributed by atoms with Gasteiger partial charge in [0.1, 0.15) is 5.82 Å². The van der Waals surface area contributed by atoms with Crippen molar-refractivity contribution in [3.63, 3.8) is 0 Å². The Kier molecular flexibility index (Phi) is 2.91. The molecule has 6 heteroatoms. The Hall–Kier alpha value is -1.82. The highest BCUT2D eigenvalue weighted by Gasteiger charge is 2.08. The summed E-state index contributed by atoms with van der Waals surface area (Å²) in [5, 5.41) is 14.2. The molecule has 2 aromatic rings. The van der Waals surface area contributed by atoms with E-state index < -0.39 is 0 Å². The fourth-order valence-corrected chi connectivity index (χ4v) is 1.51. The van der Waals surface area contributed by atoms with Crippen LogP contribution >= 0.6 is 0 Å². The van der Waals surface area contributed by atoms with Gasteiger partial charge < -0.3 is 5.32 Å².